The molecular weight excluding hydrogens is 485 g/mol. The van der Waals surface area contributed by atoms with Crippen LogP contribution in [0, 0.1) is 11.7 Å². The molecule has 0 aliphatic carbocycles. The number of aliphatic hydroxyl groups is 1. The number of likely N-dealkylation sites (tertiary alicyclic amines) is 1. The third kappa shape index (κ3) is 7.78. The number of methoxy groups -OCH3 is 1. The van der Waals surface area contributed by atoms with Gasteiger partial charge in [-0.2, -0.15) is 0 Å². The molecule has 1 aromatic carbocycles. The minimum atomic E-state index is -1.43. The number of carbonyl (C=O) groups excluding carboxylic acids is 1. The van der Waals surface area contributed by atoms with Gasteiger partial charge in [-0.05, 0) is 70.9 Å². The molecule has 2 amide bonds. The molecule has 0 bridgehead atoms. The molecule has 0 spiro atoms. The lowest BCUT2D eigenvalue weighted by Crippen LogP contribution is -2.54. The molecule has 36 heavy (non-hydrogen) atoms. The van der Waals surface area contributed by atoms with Gasteiger partial charge in [-0.1, -0.05) is 23.7 Å². The van der Waals surface area contributed by atoms with Crippen LogP contribution in [0.2, 0.25) is 5.02 Å². The molecule has 0 aromatic heterocycles. The summed E-state index contributed by atoms with van der Waals surface area (Å²) in [5, 5.41) is 18.3. The molecule has 3 rings (SSSR count). The van der Waals surface area contributed by atoms with Crippen LogP contribution >= 0.6 is 11.6 Å². The Kier molecular flexibility index (Phi) is 11.7. The predicted molar refractivity (Wildman–Crippen MR) is 140 cm³/mol. The van der Waals surface area contributed by atoms with E-state index in [0.717, 1.165) is 45.1 Å². The molecule has 2 saturated heterocycles. The number of rotatable bonds is 12. The monoisotopic (exact) mass is 527 g/mol. The average Bonchev–Trinajstić information content (AvgIpc) is 2.89. The zero-order chi connectivity index (χ0) is 26.0. The molecule has 7 nitrogen and oxygen atoms in total. The Hall–Kier alpha value is -1.45. The Bertz CT molecular complexity index is 826. The molecule has 1 aromatic rings. The first-order chi connectivity index (χ1) is 17.4. The molecule has 2 heterocycles. The first-order valence-electron chi connectivity index (χ1n) is 13.4. The number of hydrogen-bond donors (Lipinski definition) is 3. The number of unbranched alkanes of at least 4 members (excludes halogenated alkanes) is 1. The number of ether oxygens (including phenoxy) is 2. The molecule has 2 fully saturated rings. The van der Waals surface area contributed by atoms with E-state index >= 15 is 4.39 Å². The number of hydrogen-bond acceptors (Lipinski definition) is 5. The Morgan fingerprint density at radius 2 is 2.17 bits per heavy atom. The number of likely N-dealkylation sites (N-methyl/N-ethyl adjacent to an activating group) is 1. The van der Waals surface area contributed by atoms with Crippen molar-refractivity contribution in [3.05, 3.63) is 34.6 Å². The van der Waals surface area contributed by atoms with Crippen LogP contribution in [0.3, 0.4) is 0 Å². The number of benzene rings is 1. The summed E-state index contributed by atoms with van der Waals surface area (Å²) in [4.78, 5) is 15.1. The Labute approximate surface area is 220 Å². The quantitative estimate of drug-likeness (QED) is 0.350. The third-order valence-electron chi connectivity index (χ3n) is 7.56. The summed E-state index contributed by atoms with van der Waals surface area (Å²) < 4.78 is 26.2. The van der Waals surface area contributed by atoms with Crippen molar-refractivity contribution in [2.45, 2.75) is 75.5 Å². The van der Waals surface area contributed by atoms with Crippen LogP contribution in [-0.4, -0.2) is 75.2 Å². The number of piperidine rings is 1. The third-order valence-corrected chi connectivity index (χ3v) is 7.85. The van der Waals surface area contributed by atoms with E-state index < -0.39 is 11.4 Å². The van der Waals surface area contributed by atoms with Gasteiger partial charge in [0.1, 0.15) is 5.82 Å². The molecule has 4 atom stereocenters. The van der Waals surface area contributed by atoms with E-state index in [-0.39, 0.29) is 34.7 Å². The van der Waals surface area contributed by atoms with Gasteiger partial charge in [0, 0.05) is 57.5 Å². The lowest BCUT2D eigenvalue weighted by Gasteiger charge is -2.43. The molecule has 4 unspecified atom stereocenters. The van der Waals surface area contributed by atoms with Gasteiger partial charge in [-0.3, -0.25) is 0 Å². The van der Waals surface area contributed by atoms with Gasteiger partial charge in [-0.25, -0.2) is 9.18 Å². The van der Waals surface area contributed by atoms with E-state index in [2.05, 4.69) is 10.6 Å². The first-order valence-corrected chi connectivity index (χ1v) is 13.7. The minimum Gasteiger partial charge on any atom is -0.385 e. The van der Waals surface area contributed by atoms with Crippen molar-refractivity contribution >= 4 is 17.6 Å². The van der Waals surface area contributed by atoms with Gasteiger partial charge in [0.05, 0.1) is 16.7 Å². The fourth-order valence-corrected chi connectivity index (χ4v) is 5.78. The highest BCUT2D eigenvalue weighted by atomic mass is 35.5. The zero-order valence-electron chi connectivity index (χ0n) is 21.7. The van der Waals surface area contributed by atoms with E-state index in [1.54, 1.807) is 24.1 Å². The maximum atomic E-state index is 15.1. The lowest BCUT2D eigenvalue weighted by atomic mass is 9.74. The van der Waals surface area contributed by atoms with Crippen LogP contribution in [0.15, 0.2) is 18.2 Å². The first kappa shape index (κ1) is 29.1. The normalized spacial score (nSPS) is 23.2. The van der Waals surface area contributed by atoms with Gasteiger partial charge in [0.15, 0.2) is 0 Å². The summed E-state index contributed by atoms with van der Waals surface area (Å²) >= 11 is 6.09. The van der Waals surface area contributed by atoms with Crippen LogP contribution in [0.4, 0.5) is 9.18 Å². The van der Waals surface area contributed by atoms with Crippen molar-refractivity contribution in [3.8, 4) is 0 Å². The number of halogens is 2. The summed E-state index contributed by atoms with van der Waals surface area (Å²) in [6.45, 7) is 2.96. The highest BCUT2D eigenvalue weighted by Crippen LogP contribution is 2.42. The average molecular weight is 528 g/mol. The van der Waals surface area contributed by atoms with Crippen LogP contribution in [0.5, 0.6) is 0 Å². The Balaban J connectivity index is 1.72. The molecule has 9 heteroatoms. The Morgan fingerprint density at radius 1 is 1.33 bits per heavy atom. The smallest absolute Gasteiger partial charge is 0.317 e. The topological polar surface area (TPSA) is 83.1 Å². The predicted octanol–water partition coefficient (Wildman–Crippen LogP) is 4.45. The maximum absolute atomic E-state index is 15.1. The van der Waals surface area contributed by atoms with E-state index in [1.807, 2.05) is 7.05 Å². The highest BCUT2D eigenvalue weighted by Gasteiger charge is 2.43. The van der Waals surface area contributed by atoms with E-state index in [0.29, 0.717) is 45.5 Å². The highest BCUT2D eigenvalue weighted by molar-refractivity contribution is 6.30. The summed E-state index contributed by atoms with van der Waals surface area (Å²) in [6.07, 6.45) is 7.43. The van der Waals surface area contributed by atoms with E-state index in [4.69, 9.17) is 21.1 Å². The van der Waals surface area contributed by atoms with Gasteiger partial charge in [0.25, 0.3) is 0 Å². The number of nitrogens with zero attached hydrogens (tertiary/aromatic N) is 1. The summed E-state index contributed by atoms with van der Waals surface area (Å²) in [5.41, 5.74) is -1.22. The fraction of sp³-hybridized carbons (Fsp3) is 0.741. The second kappa shape index (κ2) is 14.5. The van der Waals surface area contributed by atoms with Crippen molar-refractivity contribution in [1.82, 2.24) is 15.5 Å². The zero-order valence-corrected chi connectivity index (χ0v) is 22.5. The number of carbonyl (C=O) groups is 1. The molecule has 3 N–H and O–H groups in total. The lowest BCUT2D eigenvalue weighted by molar-refractivity contribution is -0.0588. The van der Waals surface area contributed by atoms with Gasteiger partial charge < -0.3 is 30.1 Å². The molecule has 0 radical (unpaired) electrons. The number of urea groups is 1. The van der Waals surface area contributed by atoms with Crippen molar-refractivity contribution in [2.75, 3.05) is 47.0 Å². The van der Waals surface area contributed by atoms with Crippen molar-refractivity contribution in [3.63, 3.8) is 0 Å². The standard InChI is InChI=1S/C27H43ClFN3O4/c1-30-18-21(17-22-10-3-5-16-36-22)31-26(33)32-14-8-9-20(19-32)27(34,13-4-6-15-35-2)23-11-7-12-24(28)25(23)29/h7,11-12,20-22,30,34H,3-6,8-10,13-19H2,1-2H3,(H,31,33). The molecule has 2 aliphatic rings. The number of nitrogens with one attached hydrogen (secondary N) is 2. The van der Waals surface area contributed by atoms with Crippen molar-refractivity contribution < 1.29 is 23.8 Å². The van der Waals surface area contributed by atoms with Crippen molar-refractivity contribution in [1.29, 1.82) is 0 Å². The summed E-state index contributed by atoms with van der Waals surface area (Å²) in [5.74, 6) is -0.895. The molecule has 0 saturated carbocycles. The van der Waals surface area contributed by atoms with Gasteiger partial charge >= 0.3 is 6.03 Å². The Morgan fingerprint density at radius 3 is 2.89 bits per heavy atom. The summed E-state index contributed by atoms with van der Waals surface area (Å²) in [7, 11) is 3.52. The summed E-state index contributed by atoms with van der Waals surface area (Å²) in [6, 6.07) is 4.57. The number of amides is 2. The van der Waals surface area contributed by atoms with E-state index in [9.17, 15) is 9.90 Å². The molecule has 2 aliphatic heterocycles. The largest absolute Gasteiger partial charge is 0.385 e. The van der Waals surface area contributed by atoms with Crippen LogP contribution in [0.25, 0.3) is 0 Å². The molecular formula is C27H43ClFN3O4. The minimum absolute atomic E-state index is 0.00642. The fourth-order valence-electron chi connectivity index (χ4n) is 5.61. The second-order valence-corrected chi connectivity index (χ2v) is 10.6. The van der Waals surface area contributed by atoms with Crippen LogP contribution in [-0.2, 0) is 15.1 Å². The van der Waals surface area contributed by atoms with Gasteiger partial charge in [-0.15, -0.1) is 0 Å². The van der Waals surface area contributed by atoms with Gasteiger partial charge in [0.2, 0.25) is 0 Å². The van der Waals surface area contributed by atoms with Crippen LogP contribution < -0.4 is 10.6 Å². The van der Waals surface area contributed by atoms with E-state index in [1.165, 1.54) is 6.07 Å². The van der Waals surface area contributed by atoms with Crippen LogP contribution in [0.1, 0.15) is 63.4 Å². The maximum Gasteiger partial charge on any atom is 0.317 e. The molecule has 204 valence electrons. The van der Waals surface area contributed by atoms with Crippen molar-refractivity contribution in [2.24, 2.45) is 5.92 Å². The SMILES string of the molecule is CNCC(CC1CCCCO1)NC(=O)N1CCCC(C(O)(CCCCOC)c2cccc(Cl)c2F)C1. The second-order valence-electron chi connectivity index (χ2n) is 10.2.